The Morgan fingerprint density at radius 1 is 1.48 bits per heavy atom. The Kier molecular flexibility index (Phi) is 5.62. The molecule has 1 heterocycles. The van der Waals surface area contributed by atoms with Crippen LogP contribution in [0.1, 0.15) is 49.8 Å². The number of esters is 1. The summed E-state index contributed by atoms with van der Waals surface area (Å²) in [6.07, 6.45) is 3.01. The van der Waals surface area contributed by atoms with Crippen LogP contribution < -0.4 is 4.90 Å². The maximum atomic E-state index is 11.5. The van der Waals surface area contributed by atoms with E-state index in [0.717, 1.165) is 31.4 Å². The van der Waals surface area contributed by atoms with E-state index in [0.29, 0.717) is 13.0 Å². The number of rotatable bonds is 7. The standard InChI is InChI=1S/C17H25NO3/c1-3-4-11-21-17(20)8-7-16(19)14-5-6-15-13(12-14)9-10-18(15)2/h5-6,12,16,19H,3-4,7-11H2,1-2H3. The third-order valence-electron chi connectivity index (χ3n) is 4.00. The third kappa shape index (κ3) is 4.21. The minimum absolute atomic E-state index is 0.219. The molecule has 1 N–H and O–H groups in total. The molecule has 1 unspecified atom stereocenters. The first-order chi connectivity index (χ1) is 10.1. The lowest BCUT2D eigenvalue weighted by atomic mass is 10.0. The Balaban J connectivity index is 1.84. The lowest BCUT2D eigenvalue weighted by Crippen LogP contribution is -2.12. The van der Waals surface area contributed by atoms with Gasteiger partial charge in [0.15, 0.2) is 0 Å². The molecule has 0 spiro atoms. The summed E-state index contributed by atoms with van der Waals surface area (Å²) >= 11 is 0. The highest BCUT2D eigenvalue weighted by molar-refractivity contribution is 5.69. The van der Waals surface area contributed by atoms with Gasteiger partial charge < -0.3 is 14.7 Å². The second-order valence-electron chi connectivity index (χ2n) is 5.69. The quantitative estimate of drug-likeness (QED) is 0.620. The first-order valence-electron chi connectivity index (χ1n) is 7.79. The second-order valence-corrected chi connectivity index (χ2v) is 5.69. The molecule has 4 heteroatoms. The minimum atomic E-state index is -0.597. The average Bonchev–Trinajstić information content (AvgIpc) is 2.86. The van der Waals surface area contributed by atoms with Gasteiger partial charge >= 0.3 is 5.97 Å². The van der Waals surface area contributed by atoms with Crippen LogP contribution in [0.3, 0.4) is 0 Å². The van der Waals surface area contributed by atoms with Crippen LogP contribution in [-0.2, 0) is 16.0 Å². The van der Waals surface area contributed by atoms with E-state index in [2.05, 4.69) is 31.0 Å². The molecule has 0 saturated heterocycles. The molecule has 1 atom stereocenters. The van der Waals surface area contributed by atoms with Crippen molar-refractivity contribution >= 4 is 11.7 Å². The van der Waals surface area contributed by atoms with Gasteiger partial charge in [0.05, 0.1) is 12.7 Å². The van der Waals surface area contributed by atoms with Gasteiger partial charge in [-0.3, -0.25) is 4.79 Å². The topological polar surface area (TPSA) is 49.8 Å². The molecule has 0 aromatic heterocycles. The molecule has 21 heavy (non-hydrogen) atoms. The van der Waals surface area contributed by atoms with E-state index in [1.165, 1.54) is 11.3 Å². The van der Waals surface area contributed by atoms with Crippen molar-refractivity contribution in [3.8, 4) is 0 Å². The van der Waals surface area contributed by atoms with Gasteiger partial charge in [-0.1, -0.05) is 25.5 Å². The van der Waals surface area contributed by atoms with E-state index in [1.807, 2.05) is 6.07 Å². The van der Waals surface area contributed by atoms with Crippen LogP contribution in [0.4, 0.5) is 5.69 Å². The molecule has 0 aliphatic carbocycles. The van der Waals surface area contributed by atoms with Crippen molar-refractivity contribution in [3.63, 3.8) is 0 Å². The van der Waals surface area contributed by atoms with E-state index in [9.17, 15) is 9.90 Å². The number of hydrogen-bond donors (Lipinski definition) is 1. The van der Waals surface area contributed by atoms with Crippen LogP contribution in [0.2, 0.25) is 0 Å². The summed E-state index contributed by atoms with van der Waals surface area (Å²) in [7, 11) is 2.08. The third-order valence-corrected chi connectivity index (χ3v) is 4.00. The molecule has 1 aromatic rings. The zero-order valence-corrected chi connectivity index (χ0v) is 13.0. The van der Waals surface area contributed by atoms with Crippen molar-refractivity contribution in [2.24, 2.45) is 0 Å². The summed E-state index contributed by atoms with van der Waals surface area (Å²) in [6, 6.07) is 6.07. The van der Waals surface area contributed by atoms with Gasteiger partial charge in [0.25, 0.3) is 0 Å². The molecule has 0 bridgehead atoms. The Hall–Kier alpha value is -1.55. The highest BCUT2D eigenvalue weighted by Gasteiger charge is 2.18. The molecular weight excluding hydrogens is 266 g/mol. The van der Waals surface area contributed by atoms with Gasteiger partial charge in [-0.2, -0.15) is 0 Å². The molecule has 4 nitrogen and oxygen atoms in total. The van der Waals surface area contributed by atoms with Gasteiger partial charge in [0.2, 0.25) is 0 Å². The van der Waals surface area contributed by atoms with Crippen LogP contribution in [0, 0.1) is 0 Å². The Labute approximate surface area is 126 Å². The van der Waals surface area contributed by atoms with E-state index >= 15 is 0 Å². The van der Waals surface area contributed by atoms with Crippen molar-refractivity contribution in [1.29, 1.82) is 0 Å². The molecule has 0 saturated carbocycles. The molecule has 0 amide bonds. The van der Waals surface area contributed by atoms with Crippen LogP contribution in [-0.4, -0.2) is 31.3 Å². The molecule has 1 aliphatic heterocycles. The summed E-state index contributed by atoms with van der Waals surface area (Å²) < 4.78 is 5.10. The van der Waals surface area contributed by atoms with Crippen molar-refractivity contribution in [2.75, 3.05) is 25.1 Å². The van der Waals surface area contributed by atoms with Crippen LogP contribution in [0.15, 0.2) is 18.2 Å². The summed E-state index contributed by atoms with van der Waals surface area (Å²) in [5.41, 5.74) is 3.41. The van der Waals surface area contributed by atoms with Crippen molar-refractivity contribution < 1.29 is 14.6 Å². The number of aliphatic hydroxyl groups excluding tert-OH is 1. The monoisotopic (exact) mass is 291 g/mol. The number of carbonyl (C=O) groups excluding carboxylic acids is 1. The zero-order valence-electron chi connectivity index (χ0n) is 13.0. The smallest absolute Gasteiger partial charge is 0.305 e. The number of ether oxygens (including phenoxy) is 1. The van der Waals surface area contributed by atoms with Crippen molar-refractivity contribution in [3.05, 3.63) is 29.3 Å². The number of carbonyl (C=O) groups is 1. The normalized spacial score (nSPS) is 14.9. The number of aliphatic hydroxyl groups is 1. The molecule has 0 fully saturated rings. The number of nitrogens with zero attached hydrogens (tertiary/aromatic N) is 1. The number of anilines is 1. The lowest BCUT2D eigenvalue weighted by Gasteiger charge is -2.15. The molecule has 1 aromatic carbocycles. The fourth-order valence-corrected chi connectivity index (χ4v) is 2.62. The largest absolute Gasteiger partial charge is 0.466 e. The van der Waals surface area contributed by atoms with Crippen molar-refractivity contribution in [1.82, 2.24) is 0 Å². The number of hydrogen-bond acceptors (Lipinski definition) is 4. The van der Waals surface area contributed by atoms with Gasteiger partial charge in [0, 0.05) is 25.7 Å². The van der Waals surface area contributed by atoms with Crippen molar-refractivity contribution in [2.45, 2.75) is 45.1 Å². The lowest BCUT2D eigenvalue weighted by molar-refractivity contribution is -0.144. The van der Waals surface area contributed by atoms with Crippen LogP contribution in [0.5, 0.6) is 0 Å². The molecular formula is C17H25NO3. The second kappa shape index (κ2) is 7.46. The zero-order chi connectivity index (χ0) is 15.2. The summed E-state index contributed by atoms with van der Waals surface area (Å²) in [6.45, 7) is 3.57. The fourth-order valence-electron chi connectivity index (χ4n) is 2.62. The predicted octanol–water partition coefficient (Wildman–Crippen LogP) is 2.84. The van der Waals surface area contributed by atoms with Gasteiger partial charge in [-0.25, -0.2) is 0 Å². The first-order valence-corrected chi connectivity index (χ1v) is 7.79. The first kappa shape index (κ1) is 15.8. The number of unbranched alkanes of at least 4 members (excludes halogenated alkanes) is 1. The van der Waals surface area contributed by atoms with E-state index < -0.39 is 6.10 Å². The summed E-state index contributed by atoms with van der Waals surface area (Å²) in [5.74, 6) is -0.219. The van der Waals surface area contributed by atoms with Gasteiger partial charge in [-0.15, -0.1) is 0 Å². The van der Waals surface area contributed by atoms with Crippen LogP contribution in [0.25, 0.3) is 0 Å². The molecule has 116 valence electrons. The van der Waals surface area contributed by atoms with Gasteiger partial charge in [0.1, 0.15) is 0 Å². The Morgan fingerprint density at radius 2 is 2.29 bits per heavy atom. The Morgan fingerprint density at radius 3 is 3.05 bits per heavy atom. The van der Waals surface area contributed by atoms with E-state index in [1.54, 1.807) is 0 Å². The molecule has 0 radical (unpaired) electrons. The predicted molar refractivity (Wildman–Crippen MR) is 83.5 cm³/mol. The van der Waals surface area contributed by atoms with Gasteiger partial charge in [-0.05, 0) is 36.5 Å². The molecule has 2 rings (SSSR count). The highest BCUT2D eigenvalue weighted by atomic mass is 16.5. The minimum Gasteiger partial charge on any atom is -0.466 e. The average molecular weight is 291 g/mol. The SMILES string of the molecule is CCCCOC(=O)CCC(O)c1ccc2c(c1)CCN2C. The maximum Gasteiger partial charge on any atom is 0.305 e. The molecule has 1 aliphatic rings. The summed E-state index contributed by atoms with van der Waals surface area (Å²) in [5, 5.41) is 10.2. The maximum absolute atomic E-state index is 11.5. The number of likely N-dealkylation sites (N-methyl/N-ethyl adjacent to an activating group) is 1. The number of benzene rings is 1. The summed E-state index contributed by atoms with van der Waals surface area (Å²) in [4.78, 5) is 13.8. The highest BCUT2D eigenvalue weighted by Crippen LogP contribution is 2.30. The van der Waals surface area contributed by atoms with Crippen LogP contribution >= 0.6 is 0 Å². The van der Waals surface area contributed by atoms with E-state index in [4.69, 9.17) is 4.74 Å². The number of fused-ring (bicyclic) bond motifs is 1. The fraction of sp³-hybridized carbons (Fsp3) is 0.588. The Bertz CT molecular complexity index is 487. The van der Waals surface area contributed by atoms with E-state index in [-0.39, 0.29) is 12.4 Å².